The van der Waals surface area contributed by atoms with Crippen molar-refractivity contribution in [2.45, 2.75) is 19.9 Å². The van der Waals surface area contributed by atoms with Crippen molar-refractivity contribution in [2.24, 2.45) is 11.7 Å². The number of nitrogens with zero attached hydrogens (tertiary/aromatic N) is 1. The molecule has 0 saturated heterocycles. The molecule has 0 aliphatic heterocycles. The molecule has 1 aromatic rings. The Hall–Kier alpha value is -1.63. The van der Waals surface area contributed by atoms with Crippen molar-refractivity contribution < 1.29 is 9.72 Å². The fraction of sp³-hybridized carbons (Fsp3) is 0.364. The Bertz CT molecular complexity index is 477. The fourth-order valence-corrected chi connectivity index (χ4v) is 1.88. The zero-order valence-corrected chi connectivity index (χ0v) is 11.6. The van der Waals surface area contributed by atoms with Gasteiger partial charge in [-0.25, -0.2) is 0 Å². The van der Waals surface area contributed by atoms with Crippen molar-refractivity contribution in [2.75, 3.05) is 5.32 Å². The van der Waals surface area contributed by atoms with E-state index < -0.39 is 16.9 Å². The highest BCUT2D eigenvalue weighted by Gasteiger charge is 2.23. The summed E-state index contributed by atoms with van der Waals surface area (Å²) in [5, 5.41) is 13.7. The van der Waals surface area contributed by atoms with Crippen molar-refractivity contribution in [3.63, 3.8) is 0 Å². The molecule has 0 heterocycles. The first kappa shape index (κ1) is 14.4. The third kappa shape index (κ3) is 3.43. The van der Waals surface area contributed by atoms with Crippen LogP contribution < -0.4 is 11.1 Å². The molecular weight excluding hydrogens is 302 g/mol. The summed E-state index contributed by atoms with van der Waals surface area (Å²) in [4.78, 5) is 21.7. The van der Waals surface area contributed by atoms with Crippen LogP contribution >= 0.6 is 15.9 Å². The van der Waals surface area contributed by atoms with Crippen LogP contribution in [0.3, 0.4) is 0 Å². The number of nitro groups is 1. The van der Waals surface area contributed by atoms with E-state index in [2.05, 4.69) is 21.2 Å². The quantitative estimate of drug-likeness (QED) is 0.643. The van der Waals surface area contributed by atoms with E-state index in [0.29, 0.717) is 4.47 Å². The molecule has 18 heavy (non-hydrogen) atoms. The van der Waals surface area contributed by atoms with Crippen molar-refractivity contribution >= 4 is 33.2 Å². The second-order valence-electron chi connectivity index (χ2n) is 4.19. The van der Waals surface area contributed by atoms with Gasteiger partial charge in [0.2, 0.25) is 5.91 Å². The topological polar surface area (TPSA) is 98.3 Å². The van der Waals surface area contributed by atoms with Crippen LogP contribution in [-0.4, -0.2) is 16.9 Å². The number of nitrogens with one attached hydrogen (secondary N) is 1. The fourth-order valence-electron chi connectivity index (χ4n) is 1.52. The van der Waals surface area contributed by atoms with Crippen LogP contribution in [0, 0.1) is 16.0 Å². The maximum absolute atomic E-state index is 11.3. The molecule has 0 saturated carbocycles. The van der Waals surface area contributed by atoms with Crippen LogP contribution in [0.15, 0.2) is 22.7 Å². The summed E-state index contributed by atoms with van der Waals surface area (Å²) in [6, 6.07) is 3.83. The van der Waals surface area contributed by atoms with Crippen LogP contribution in [-0.2, 0) is 4.79 Å². The molecular formula is C11H14BrN3O3. The summed E-state index contributed by atoms with van der Waals surface area (Å²) in [6.45, 7) is 3.62. The van der Waals surface area contributed by atoms with Crippen molar-refractivity contribution in [1.29, 1.82) is 0 Å². The Morgan fingerprint density at radius 1 is 1.50 bits per heavy atom. The maximum Gasteiger partial charge on any atom is 0.292 e. The molecule has 1 atom stereocenters. The van der Waals surface area contributed by atoms with E-state index in [4.69, 9.17) is 5.73 Å². The van der Waals surface area contributed by atoms with Crippen molar-refractivity contribution in [3.8, 4) is 0 Å². The third-order valence-electron chi connectivity index (χ3n) is 2.44. The number of amides is 1. The average Bonchev–Trinajstić information content (AvgIpc) is 2.24. The number of halogens is 1. The van der Waals surface area contributed by atoms with Crippen LogP contribution in [0.5, 0.6) is 0 Å². The van der Waals surface area contributed by atoms with Gasteiger partial charge in [0, 0.05) is 10.5 Å². The molecule has 0 bridgehead atoms. The Kier molecular flexibility index (Phi) is 4.66. The van der Waals surface area contributed by atoms with Crippen LogP contribution in [0.2, 0.25) is 0 Å². The van der Waals surface area contributed by atoms with Gasteiger partial charge in [0.05, 0.1) is 4.92 Å². The molecule has 1 aromatic carbocycles. The van der Waals surface area contributed by atoms with E-state index in [1.165, 1.54) is 6.07 Å². The molecule has 6 nitrogen and oxygen atoms in total. The van der Waals surface area contributed by atoms with Gasteiger partial charge in [-0.3, -0.25) is 14.9 Å². The Labute approximate surface area is 113 Å². The highest BCUT2D eigenvalue weighted by Crippen LogP contribution is 2.29. The Balaban J connectivity index is 3.12. The van der Waals surface area contributed by atoms with Gasteiger partial charge in [-0.05, 0) is 18.1 Å². The van der Waals surface area contributed by atoms with Gasteiger partial charge < -0.3 is 11.1 Å². The van der Waals surface area contributed by atoms with E-state index in [1.807, 2.05) is 13.8 Å². The normalized spacial score (nSPS) is 12.2. The monoisotopic (exact) mass is 315 g/mol. The highest BCUT2D eigenvalue weighted by atomic mass is 79.9. The summed E-state index contributed by atoms with van der Waals surface area (Å²) in [5.41, 5.74) is 5.44. The first-order valence-electron chi connectivity index (χ1n) is 5.32. The van der Waals surface area contributed by atoms with E-state index in [0.717, 1.165) is 0 Å². The SMILES string of the molecule is CC(C)C(Nc1cc(Br)ccc1[N+](=O)[O-])C(N)=O. The first-order valence-corrected chi connectivity index (χ1v) is 6.12. The van der Waals surface area contributed by atoms with Gasteiger partial charge in [-0.15, -0.1) is 0 Å². The standard InChI is InChI=1S/C11H14BrN3O3/c1-6(2)10(11(13)16)14-8-5-7(12)3-4-9(8)15(17)18/h3-6,10,14H,1-2H3,(H2,13,16). The molecule has 1 amide bonds. The van der Waals surface area contributed by atoms with E-state index >= 15 is 0 Å². The van der Waals surface area contributed by atoms with Crippen molar-refractivity contribution in [1.82, 2.24) is 0 Å². The van der Waals surface area contributed by atoms with Gasteiger partial charge in [0.1, 0.15) is 11.7 Å². The lowest BCUT2D eigenvalue weighted by molar-refractivity contribution is -0.384. The van der Waals surface area contributed by atoms with Crippen LogP contribution in [0.4, 0.5) is 11.4 Å². The molecule has 7 heteroatoms. The Morgan fingerprint density at radius 3 is 2.56 bits per heavy atom. The Morgan fingerprint density at radius 2 is 2.11 bits per heavy atom. The van der Waals surface area contributed by atoms with Gasteiger partial charge in [-0.2, -0.15) is 0 Å². The molecule has 98 valence electrons. The minimum Gasteiger partial charge on any atom is -0.368 e. The van der Waals surface area contributed by atoms with E-state index in [9.17, 15) is 14.9 Å². The molecule has 3 N–H and O–H groups in total. The lowest BCUT2D eigenvalue weighted by Gasteiger charge is -2.20. The van der Waals surface area contributed by atoms with Gasteiger partial charge >= 0.3 is 0 Å². The van der Waals surface area contributed by atoms with Crippen molar-refractivity contribution in [3.05, 3.63) is 32.8 Å². The maximum atomic E-state index is 11.3. The molecule has 0 radical (unpaired) electrons. The number of rotatable bonds is 5. The predicted octanol–water partition coefficient (Wildman–Crippen LogP) is 2.28. The molecule has 0 fully saturated rings. The number of carbonyl (C=O) groups is 1. The lowest BCUT2D eigenvalue weighted by atomic mass is 10.0. The lowest BCUT2D eigenvalue weighted by Crippen LogP contribution is -2.39. The molecule has 0 aliphatic rings. The number of nitro benzene ring substituents is 1. The van der Waals surface area contributed by atoms with Gasteiger partial charge in [0.15, 0.2) is 0 Å². The zero-order chi connectivity index (χ0) is 13.9. The number of nitrogens with two attached hydrogens (primary N) is 1. The highest BCUT2D eigenvalue weighted by molar-refractivity contribution is 9.10. The minimum absolute atomic E-state index is 0.0684. The average molecular weight is 316 g/mol. The third-order valence-corrected chi connectivity index (χ3v) is 2.93. The number of benzene rings is 1. The van der Waals surface area contributed by atoms with Crippen LogP contribution in [0.1, 0.15) is 13.8 Å². The molecule has 1 unspecified atom stereocenters. The molecule has 0 aliphatic carbocycles. The first-order chi connectivity index (χ1) is 8.32. The zero-order valence-electron chi connectivity index (χ0n) is 10.0. The molecule has 1 rings (SSSR count). The number of hydrogen-bond acceptors (Lipinski definition) is 4. The number of hydrogen-bond donors (Lipinski definition) is 2. The van der Waals surface area contributed by atoms with Gasteiger partial charge in [0.25, 0.3) is 5.69 Å². The molecule has 0 aromatic heterocycles. The van der Waals surface area contributed by atoms with Gasteiger partial charge in [-0.1, -0.05) is 29.8 Å². The second kappa shape index (κ2) is 5.81. The van der Waals surface area contributed by atoms with E-state index in [1.54, 1.807) is 12.1 Å². The second-order valence-corrected chi connectivity index (χ2v) is 5.10. The summed E-state index contributed by atoms with van der Waals surface area (Å²) in [6.07, 6.45) is 0. The largest absolute Gasteiger partial charge is 0.368 e. The minimum atomic E-state index is -0.655. The number of anilines is 1. The summed E-state index contributed by atoms with van der Waals surface area (Å²) in [7, 11) is 0. The van der Waals surface area contributed by atoms with E-state index in [-0.39, 0.29) is 17.3 Å². The number of carbonyl (C=O) groups excluding carboxylic acids is 1. The predicted molar refractivity (Wildman–Crippen MR) is 72.2 cm³/mol. The summed E-state index contributed by atoms with van der Waals surface area (Å²) in [5.74, 6) is -0.611. The summed E-state index contributed by atoms with van der Waals surface area (Å²) < 4.78 is 0.683. The molecule has 0 spiro atoms. The van der Waals surface area contributed by atoms with Crippen LogP contribution in [0.25, 0.3) is 0 Å². The smallest absolute Gasteiger partial charge is 0.292 e. The number of primary amides is 1. The summed E-state index contributed by atoms with van der Waals surface area (Å²) >= 11 is 3.23.